The van der Waals surface area contributed by atoms with Crippen LogP contribution in [-0.4, -0.2) is 35.7 Å². The van der Waals surface area contributed by atoms with Crippen molar-refractivity contribution in [2.24, 2.45) is 5.92 Å². The summed E-state index contributed by atoms with van der Waals surface area (Å²) in [5.74, 6) is 0.388. The third-order valence-corrected chi connectivity index (χ3v) is 4.00. The standard InChI is InChI=1S/C13H16Cl2N2O2/c1-17(7-8-4-10(18)5-8)13(19)16-9-2-3-11(14)12(15)6-9/h2-3,6,8,10,18H,4-5,7H2,1H3,(H,16,19). The maximum absolute atomic E-state index is 11.9. The van der Waals surface area contributed by atoms with E-state index in [4.69, 9.17) is 23.2 Å². The van der Waals surface area contributed by atoms with Crippen LogP contribution in [0.4, 0.5) is 10.5 Å². The van der Waals surface area contributed by atoms with Crippen molar-refractivity contribution in [1.82, 2.24) is 4.90 Å². The van der Waals surface area contributed by atoms with Crippen molar-refractivity contribution in [3.63, 3.8) is 0 Å². The number of rotatable bonds is 3. The number of nitrogens with zero attached hydrogens (tertiary/aromatic N) is 1. The molecule has 1 aliphatic rings. The van der Waals surface area contributed by atoms with Crippen LogP contribution in [0.2, 0.25) is 10.0 Å². The first-order valence-corrected chi connectivity index (χ1v) is 6.86. The van der Waals surface area contributed by atoms with E-state index in [2.05, 4.69) is 5.32 Å². The van der Waals surface area contributed by atoms with E-state index < -0.39 is 0 Å². The highest BCUT2D eigenvalue weighted by Gasteiger charge is 2.29. The molecule has 104 valence electrons. The van der Waals surface area contributed by atoms with Gasteiger partial charge in [-0.3, -0.25) is 0 Å². The maximum atomic E-state index is 11.9. The van der Waals surface area contributed by atoms with Gasteiger partial charge in [0.1, 0.15) is 0 Å². The molecule has 2 rings (SSSR count). The van der Waals surface area contributed by atoms with Gasteiger partial charge in [-0.25, -0.2) is 4.79 Å². The zero-order valence-electron chi connectivity index (χ0n) is 10.6. The van der Waals surface area contributed by atoms with Crippen LogP contribution in [0.5, 0.6) is 0 Å². The molecule has 1 aliphatic carbocycles. The van der Waals surface area contributed by atoms with Crippen LogP contribution in [0, 0.1) is 5.92 Å². The second-order valence-electron chi connectivity index (χ2n) is 4.93. The molecule has 1 aromatic carbocycles. The number of anilines is 1. The molecule has 0 unspecified atom stereocenters. The Hall–Kier alpha value is -0.970. The molecule has 2 amide bonds. The minimum atomic E-state index is -0.198. The number of amides is 2. The summed E-state index contributed by atoms with van der Waals surface area (Å²) < 4.78 is 0. The van der Waals surface area contributed by atoms with E-state index in [-0.39, 0.29) is 12.1 Å². The molecule has 0 aliphatic heterocycles. The summed E-state index contributed by atoms with van der Waals surface area (Å²) in [7, 11) is 1.73. The van der Waals surface area contributed by atoms with Crippen molar-refractivity contribution in [3.05, 3.63) is 28.2 Å². The fourth-order valence-corrected chi connectivity index (χ4v) is 2.41. The van der Waals surface area contributed by atoms with Crippen molar-refractivity contribution in [2.45, 2.75) is 18.9 Å². The number of benzene rings is 1. The molecular weight excluding hydrogens is 287 g/mol. The quantitative estimate of drug-likeness (QED) is 0.900. The normalized spacial score (nSPS) is 21.7. The van der Waals surface area contributed by atoms with E-state index in [0.29, 0.717) is 28.2 Å². The summed E-state index contributed by atoms with van der Waals surface area (Å²) in [5.41, 5.74) is 0.611. The molecule has 19 heavy (non-hydrogen) atoms. The lowest BCUT2D eigenvalue weighted by atomic mass is 9.82. The Bertz CT molecular complexity index is 476. The smallest absolute Gasteiger partial charge is 0.321 e. The van der Waals surface area contributed by atoms with Gasteiger partial charge in [0, 0.05) is 19.3 Å². The molecule has 2 N–H and O–H groups in total. The third kappa shape index (κ3) is 3.75. The number of urea groups is 1. The molecule has 0 radical (unpaired) electrons. The third-order valence-electron chi connectivity index (χ3n) is 3.26. The topological polar surface area (TPSA) is 52.6 Å². The monoisotopic (exact) mass is 302 g/mol. The summed E-state index contributed by atoms with van der Waals surface area (Å²) >= 11 is 11.7. The summed E-state index contributed by atoms with van der Waals surface area (Å²) in [6.07, 6.45) is 1.34. The van der Waals surface area contributed by atoms with Gasteiger partial charge in [0.05, 0.1) is 16.1 Å². The highest BCUT2D eigenvalue weighted by molar-refractivity contribution is 6.42. The first kappa shape index (κ1) is 14.4. The lowest BCUT2D eigenvalue weighted by molar-refractivity contribution is 0.0332. The Morgan fingerprint density at radius 3 is 2.68 bits per heavy atom. The Kier molecular flexibility index (Phi) is 4.55. The molecular formula is C13H16Cl2N2O2. The highest BCUT2D eigenvalue weighted by atomic mass is 35.5. The molecule has 0 atom stereocenters. The van der Waals surface area contributed by atoms with Crippen LogP contribution >= 0.6 is 23.2 Å². The minimum Gasteiger partial charge on any atom is -0.393 e. The van der Waals surface area contributed by atoms with Gasteiger partial charge in [0.15, 0.2) is 0 Å². The van der Waals surface area contributed by atoms with Gasteiger partial charge >= 0.3 is 6.03 Å². The number of nitrogens with one attached hydrogen (secondary N) is 1. The molecule has 4 nitrogen and oxygen atoms in total. The first-order chi connectivity index (χ1) is 8.95. The first-order valence-electron chi connectivity index (χ1n) is 6.11. The number of carbonyl (C=O) groups excluding carboxylic acids is 1. The van der Waals surface area contributed by atoms with E-state index in [0.717, 1.165) is 12.8 Å². The van der Waals surface area contributed by atoms with Gasteiger partial charge in [0.25, 0.3) is 0 Å². The highest BCUT2D eigenvalue weighted by Crippen LogP contribution is 2.28. The van der Waals surface area contributed by atoms with Crippen LogP contribution in [-0.2, 0) is 0 Å². The second kappa shape index (κ2) is 5.99. The van der Waals surface area contributed by atoms with E-state index >= 15 is 0 Å². The zero-order valence-corrected chi connectivity index (χ0v) is 12.1. The summed E-state index contributed by atoms with van der Waals surface area (Å²) in [6, 6.07) is 4.76. The lowest BCUT2D eigenvalue weighted by Gasteiger charge is -2.34. The Labute approximate surface area is 122 Å². The fourth-order valence-electron chi connectivity index (χ4n) is 2.11. The van der Waals surface area contributed by atoms with Crippen LogP contribution in [0.1, 0.15) is 12.8 Å². The van der Waals surface area contributed by atoms with Crippen molar-refractivity contribution >= 4 is 34.9 Å². The van der Waals surface area contributed by atoms with Gasteiger partial charge in [-0.2, -0.15) is 0 Å². The number of halogens is 2. The van der Waals surface area contributed by atoms with Crippen LogP contribution in [0.15, 0.2) is 18.2 Å². The molecule has 0 spiro atoms. The second-order valence-corrected chi connectivity index (χ2v) is 5.75. The van der Waals surface area contributed by atoms with Crippen LogP contribution in [0.3, 0.4) is 0 Å². The van der Waals surface area contributed by atoms with Crippen LogP contribution < -0.4 is 5.32 Å². The molecule has 0 aromatic heterocycles. The van der Waals surface area contributed by atoms with E-state index in [1.807, 2.05) is 0 Å². The molecule has 0 saturated heterocycles. The molecule has 1 aromatic rings. The van der Waals surface area contributed by atoms with E-state index in [1.165, 1.54) is 0 Å². The van der Waals surface area contributed by atoms with Crippen molar-refractivity contribution < 1.29 is 9.90 Å². The predicted molar refractivity (Wildman–Crippen MR) is 76.8 cm³/mol. The Balaban J connectivity index is 1.87. The predicted octanol–water partition coefficient (Wildman–Crippen LogP) is 3.23. The molecule has 0 heterocycles. The lowest BCUT2D eigenvalue weighted by Crippen LogP contribution is -2.41. The SMILES string of the molecule is CN(CC1CC(O)C1)C(=O)Nc1ccc(Cl)c(Cl)c1. The largest absolute Gasteiger partial charge is 0.393 e. The number of carbonyl (C=O) groups is 1. The summed E-state index contributed by atoms with van der Waals surface area (Å²) in [4.78, 5) is 13.6. The molecule has 1 saturated carbocycles. The number of hydrogen-bond acceptors (Lipinski definition) is 2. The van der Waals surface area contributed by atoms with Gasteiger partial charge in [-0.05, 0) is 37.0 Å². The van der Waals surface area contributed by atoms with Gasteiger partial charge in [0.2, 0.25) is 0 Å². The average Bonchev–Trinajstić information content (AvgIpc) is 2.31. The molecule has 6 heteroatoms. The molecule has 0 bridgehead atoms. The number of hydrogen-bond donors (Lipinski definition) is 2. The minimum absolute atomic E-state index is 0.195. The zero-order chi connectivity index (χ0) is 14.0. The number of aliphatic hydroxyl groups is 1. The van der Waals surface area contributed by atoms with Crippen molar-refractivity contribution in [3.8, 4) is 0 Å². The Morgan fingerprint density at radius 2 is 2.11 bits per heavy atom. The molecule has 1 fully saturated rings. The number of aliphatic hydroxyl groups excluding tert-OH is 1. The van der Waals surface area contributed by atoms with Gasteiger partial charge in [-0.1, -0.05) is 23.2 Å². The van der Waals surface area contributed by atoms with E-state index in [9.17, 15) is 9.90 Å². The summed E-state index contributed by atoms with van der Waals surface area (Å²) in [6.45, 7) is 0.643. The van der Waals surface area contributed by atoms with Gasteiger partial charge in [-0.15, -0.1) is 0 Å². The Morgan fingerprint density at radius 1 is 1.42 bits per heavy atom. The van der Waals surface area contributed by atoms with E-state index in [1.54, 1.807) is 30.1 Å². The van der Waals surface area contributed by atoms with Crippen LogP contribution in [0.25, 0.3) is 0 Å². The van der Waals surface area contributed by atoms with Gasteiger partial charge < -0.3 is 15.3 Å². The average molecular weight is 303 g/mol. The maximum Gasteiger partial charge on any atom is 0.321 e. The van der Waals surface area contributed by atoms with Crippen molar-refractivity contribution in [2.75, 3.05) is 18.9 Å². The van der Waals surface area contributed by atoms with Crippen molar-refractivity contribution in [1.29, 1.82) is 0 Å². The summed E-state index contributed by atoms with van der Waals surface area (Å²) in [5, 5.41) is 12.8. The fraction of sp³-hybridized carbons (Fsp3) is 0.462.